The van der Waals surface area contributed by atoms with Gasteiger partial charge in [0.15, 0.2) is 0 Å². The molecule has 8 nitrogen and oxygen atoms in total. The number of aromatic nitrogens is 2. The van der Waals surface area contributed by atoms with Crippen LogP contribution in [0.4, 0.5) is 4.39 Å². The largest absolute Gasteiger partial charge is 0.352 e. The molecule has 1 aliphatic rings. The molecule has 1 saturated heterocycles. The molecule has 1 fully saturated rings. The van der Waals surface area contributed by atoms with Crippen LogP contribution >= 0.6 is 11.3 Å². The second-order valence-electron chi connectivity index (χ2n) is 8.18. The monoisotopic (exact) mass is 485 g/mol. The number of amides is 2. The average molecular weight is 486 g/mol. The fraction of sp³-hybridized carbons (Fsp3) is 0.417. The maximum atomic E-state index is 12.9. The van der Waals surface area contributed by atoms with Crippen LogP contribution in [-0.2, 0) is 11.2 Å². The molecule has 0 bridgehead atoms. The third-order valence-electron chi connectivity index (χ3n) is 5.76. The predicted molar refractivity (Wildman–Crippen MR) is 127 cm³/mol. The van der Waals surface area contributed by atoms with Crippen molar-refractivity contribution < 1.29 is 18.5 Å². The minimum Gasteiger partial charge on any atom is -0.352 e. The van der Waals surface area contributed by atoms with Crippen molar-refractivity contribution in [2.24, 2.45) is 0 Å². The summed E-state index contributed by atoms with van der Waals surface area (Å²) in [5, 5.41) is 8.80. The number of carbonyl (C=O) groups is 2. The van der Waals surface area contributed by atoms with E-state index in [4.69, 9.17) is 4.52 Å². The van der Waals surface area contributed by atoms with Gasteiger partial charge in [0.2, 0.25) is 17.6 Å². The molecule has 0 aliphatic carbocycles. The first kappa shape index (κ1) is 24.0. The first-order valence-electron chi connectivity index (χ1n) is 11.5. The lowest BCUT2D eigenvalue weighted by molar-refractivity contribution is -0.133. The van der Waals surface area contributed by atoms with E-state index in [1.807, 2.05) is 22.4 Å². The summed E-state index contributed by atoms with van der Waals surface area (Å²) in [6.45, 7) is 4.45. The fourth-order valence-corrected chi connectivity index (χ4v) is 4.49. The number of piperazine rings is 1. The normalized spacial score (nSPS) is 14.3. The van der Waals surface area contributed by atoms with Gasteiger partial charge in [-0.15, -0.1) is 11.3 Å². The van der Waals surface area contributed by atoms with Crippen molar-refractivity contribution in [3.05, 3.63) is 59.0 Å². The minimum absolute atomic E-state index is 0.114. The Balaban J connectivity index is 1.08. The van der Waals surface area contributed by atoms with Crippen molar-refractivity contribution in [1.29, 1.82) is 0 Å². The molecule has 1 N–H and O–H groups in total. The van der Waals surface area contributed by atoms with Gasteiger partial charge in [0.1, 0.15) is 5.82 Å². The highest BCUT2D eigenvalue weighted by atomic mass is 32.1. The summed E-state index contributed by atoms with van der Waals surface area (Å²) in [6.07, 6.45) is 2.63. The summed E-state index contributed by atoms with van der Waals surface area (Å²) in [4.78, 5) is 34.2. The Kier molecular flexibility index (Phi) is 8.37. The highest BCUT2D eigenvalue weighted by Crippen LogP contribution is 2.21. The van der Waals surface area contributed by atoms with Crippen molar-refractivity contribution in [3.8, 4) is 10.7 Å². The number of halogens is 1. The number of carbonyl (C=O) groups excluding carboxylic acids is 2. The molecule has 10 heteroatoms. The van der Waals surface area contributed by atoms with E-state index >= 15 is 0 Å². The minimum atomic E-state index is -0.377. The number of nitrogens with one attached hydrogen (secondary N) is 1. The van der Waals surface area contributed by atoms with Gasteiger partial charge in [-0.3, -0.25) is 14.5 Å². The van der Waals surface area contributed by atoms with Gasteiger partial charge in [0, 0.05) is 51.1 Å². The van der Waals surface area contributed by atoms with Gasteiger partial charge < -0.3 is 14.7 Å². The third kappa shape index (κ3) is 6.71. The van der Waals surface area contributed by atoms with Crippen LogP contribution in [0.1, 0.15) is 35.5 Å². The summed E-state index contributed by atoms with van der Waals surface area (Å²) < 4.78 is 18.3. The molecule has 0 spiro atoms. The van der Waals surface area contributed by atoms with E-state index in [2.05, 4.69) is 20.4 Å². The predicted octanol–water partition coefficient (Wildman–Crippen LogP) is 3.22. The van der Waals surface area contributed by atoms with Gasteiger partial charge in [0.05, 0.1) is 4.88 Å². The molecule has 0 atom stereocenters. The number of hydrogen-bond acceptors (Lipinski definition) is 7. The van der Waals surface area contributed by atoms with E-state index in [-0.39, 0.29) is 17.6 Å². The molecule has 2 aromatic heterocycles. The number of thiophene rings is 1. The van der Waals surface area contributed by atoms with Crippen LogP contribution in [-0.4, -0.2) is 71.0 Å². The Morgan fingerprint density at radius 3 is 2.62 bits per heavy atom. The SMILES string of the molecule is O=C(NCCCC(=O)N1CCN(CCCc2nc(-c3cccs3)no2)CC1)c1ccc(F)cc1. The zero-order valence-electron chi connectivity index (χ0n) is 18.9. The second-order valence-corrected chi connectivity index (χ2v) is 9.13. The Morgan fingerprint density at radius 2 is 1.88 bits per heavy atom. The number of benzene rings is 1. The van der Waals surface area contributed by atoms with E-state index in [1.54, 1.807) is 11.3 Å². The highest BCUT2D eigenvalue weighted by molar-refractivity contribution is 7.13. The summed E-state index contributed by atoms with van der Waals surface area (Å²) in [6, 6.07) is 9.34. The molecule has 0 saturated carbocycles. The van der Waals surface area contributed by atoms with Gasteiger partial charge in [-0.25, -0.2) is 4.39 Å². The van der Waals surface area contributed by atoms with Gasteiger partial charge >= 0.3 is 0 Å². The maximum absolute atomic E-state index is 12.9. The molecule has 3 aromatic rings. The molecule has 4 rings (SSSR count). The molecule has 34 heavy (non-hydrogen) atoms. The summed E-state index contributed by atoms with van der Waals surface area (Å²) in [5.74, 6) is 0.778. The Hall–Kier alpha value is -3.11. The van der Waals surface area contributed by atoms with Crippen LogP contribution in [0.2, 0.25) is 0 Å². The molecule has 3 heterocycles. The van der Waals surface area contributed by atoms with Crippen LogP contribution in [0.5, 0.6) is 0 Å². The average Bonchev–Trinajstić information content (AvgIpc) is 3.55. The van der Waals surface area contributed by atoms with Crippen LogP contribution in [0.25, 0.3) is 10.7 Å². The summed E-state index contributed by atoms with van der Waals surface area (Å²) in [5.41, 5.74) is 0.408. The van der Waals surface area contributed by atoms with Gasteiger partial charge in [-0.2, -0.15) is 4.98 Å². The van der Waals surface area contributed by atoms with Crippen molar-refractivity contribution >= 4 is 23.2 Å². The van der Waals surface area contributed by atoms with E-state index in [9.17, 15) is 14.0 Å². The number of aryl methyl sites for hydroxylation is 1. The molecule has 1 aliphatic heterocycles. The third-order valence-corrected chi connectivity index (χ3v) is 6.62. The van der Waals surface area contributed by atoms with Crippen LogP contribution in [0, 0.1) is 5.82 Å². The number of hydrogen-bond donors (Lipinski definition) is 1. The molecular weight excluding hydrogens is 457 g/mol. The van der Waals surface area contributed by atoms with Gasteiger partial charge in [0.25, 0.3) is 5.91 Å². The number of rotatable bonds is 10. The standard InChI is InChI=1S/C24H28FN5O3S/c25-19-9-7-18(8-10-19)24(32)26-11-1-6-22(31)30-15-13-29(14-16-30)12-2-5-21-27-23(28-33-21)20-4-3-17-34-20/h3-4,7-10,17H,1-2,5-6,11-16H2,(H,26,32). The molecule has 2 amide bonds. The van der Waals surface area contributed by atoms with E-state index in [0.717, 1.165) is 37.4 Å². The highest BCUT2D eigenvalue weighted by Gasteiger charge is 2.21. The Labute approximate surface area is 201 Å². The molecule has 180 valence electrons. The van der Waals surface area contributed by atoms with Crippen molar-refractivity contribution in [2.45, 2.75) is 25.7 Å². The van der Waals surface area contributed by atoms with E-state index < -0.39 is 0 Å². The lowest BCUT2D eigenvalue weighted by atomic mass is 10.2. The van der Waals surface area contributed by atoms with Crippen molar-refractivity contribution in [2.75, 3.05) is 39.3 Å². The Morgan fingerprint density at radius 1 is 1.09 bits per heavy atom. The molecule has 0 unspecified atom stereocenters. The van der Waals surface area contributed by atoms with Crippen LogP contribution in [0.15, 0.2) is 46.3 Å². The van der Waals surface area contributed by atoms with Crippen LogP contribution in [0.3, 0.4) is 0 Å². The van der Waals surface area contributed by atoms with Gasteiger partial charge in [-0.05, 0) is 55.1 Å². The smallest absolute Gasteiger partial charge is 0.251 e. The Bertz CT molecular complexity index is 1060. The van der Waals surface area contributed by atoms with Crippen molar-refractivity contribution in [3.63, 3.8) is 0 Å². The first-order chi connectivity index (χ1) is 16.6. The zero-order chi connectivity index (χ0) is 23.8. The first-order valence-corrected chi connectivity index (χ1v) is 12.4. The zero-order valence-corrected chi connectivity index (χ0v) is 19.7. The number of nitrogens with zero attached hydrogens (tertiary/aromatic N) is 4. The van der Waals surface area contributed by atoms with E-state index in [1.165, 1.54) is 24.3 Å². The fourth-order valence-electron chi connectivity index (χ4n) is 3.84. The quantitative estimate of drug-likeness (QED) is 0.444. The molecule has 1 aromatic carbocycles. The summed E-state index contributed by atoms with van der Waals surface area (Å²) in [7, 11) is 0. The lowest BCUT2D eigenvalue weighted by Crippen LogP contribution is -2.48. The maximum Gasteiger partial charge on any atom is 0.251 e. The van der Waals surface area contributed by atoms with E-state index in [0.29, 0.717) is 49.8 Å². The van der Waals surface area contributed by atoms with Crippen molar-refractivity contribution in [1.82, 2.24) is 25.3 Å². The van der Waals surface area contributed by atoms with Gasteiger partial charge in [-0.1, -0.05) is 11.2 Å². The molecular formula is C24H28FN5O3S. The molecule has 0 radical (unpaired) electrons. The summed E-state index contributed by atoms with van der Waals surface area (Å²) >= 11 is 1.59. The van der Waals surface area contributed by atoms with Crippen LogP contribution < -0.4 is 5.32 Å². The lowest BCUT2D eigenvalue weighted by Gasteiger charge is -2.34. The topological polar surface area (TPSA) is 91.6 Å². The second kappa shape index (κ2) is 11.8.